The summed E-state index contributed by atoms with van der Waals surface area (Å²) in [6.45, 7) is 0.105. The molecule has 2 aliphatic heterocycles. The molecule has 2 heterocycles. The average molecular weight is 655 g/mol. The summed E-state index contributed by atoms with van der Waals surface area (Å²) in [6.07, 6.45) is 6.59. The molecule has 0 spiro atoms. The minimum Gasteiger partial charge on any atom is -0.311 e. The quantitative estimate of drug-likeness (QED) is 0.170. The van der Waals surface area contributed by atoms with Gasteiger partial charge in [0.2, 0.25) is 0 Å². The third kappa shape index (κ3) is 5.10. The van der Waals surface area contributed by atoms with E-state index in [1.165, 1.54) is 110 Å². The van der Waals surface area contributed by atoms with E-state index < -0.39 is 0 Å². The molecule has 7 aromatic rings. The fraction of sp³-hybridized carbons (Fsp3) is 0.125. The summed E-state index contributed by atoms with van der Waals surface area (Å²) in [5.74, 6) is 0.629. The van der Waals surface area contributed by atoms with Gasteiger partial charge in [-0.15, -0.1) is 0 Å². The second kappa shape index (κ2) is 12.5. The van der Waals surface area contributed by atoms with Crippen molar-refractivity contribution in [2.24, 2.45) is 0 Å². The van der Waals surface area contributed by atoms with Crippen molar-refractivity contribution in [1.29, 1.82) is 0 Å². The van der Waals surface area contributed by atoms with Gasteiger partial charge in [-0.3, -0.25) is 0 Å². The van der Waals surface area contributed by atoms with E-state index in [2.05, 4.69) is 180 Å². The fourth-order valence-corrected chi connectivity index (χ4v) is 9.03. The second-order valence-corrected chi connectivity index (χ2v) is 14.4. The summed E-state index contributed by atoms with van der Waals surface area (Å²) in [6, 6.07) is 63.1. The predicted molar refractivity (Wildman–Crippen MR) is 217 cm³/mol. The van der Waals surface area contributed by atoms with Gasteiger partial charge in [-0.2, -0.15) is 0 Å². The molecule has 1 saturated carbocycles. The van der Waals surface area contributed by atoms with Crippen molar-refractivity contribution in [1.82, 2.24) is 0 Å². The van der Waals surface area contributed by atoms with E-state index in [0.717, 1.165) is 0 Å². The molecule has 1 aliphatic carbocycles. The maximum absolute atomic E-state index is 2.59. The Kier molecular flexibility index (Phi) is 7.38. The third-order valence-corrected chi connectivity index (χ3v) is 11.4. The van der Waals surface area contributed by atoms with Crippen molar-refractivity contribution in [2.45, 2.75) is 38.0 Å². The van der Waals surface area contributed by atoms with Gasteiger partial charge in [0.05, 0.1) is 0 Å². The largest absolute Gasteiger partial charge is 0.311 e. The zero-order valence-corrected chi connectivity index (χ0v) is 28.8. The Morgan fingerprint density at radius 3 is 1.55 bits per heavy atom. The molecule has 0 N–H and O–H groups in total. The predicted octanol–water partition coefficient (Wildman–Crippen LogP) is 11.2. The molecular weight excluding hydrogens is 615 g/mol. The minimum atomic E-state index is 0.105. The van der Waals surface area contributed by atoms with Crippen molar-refractivity contribution in [3.8, 4) is 22.3 Å². The van der Waals surface area contributed by atoms with Crippen LogP contribution in [-0.4, -0.2) is 6.71 Å². The first kappa shape index (κ1) is 30.1. The maximum atomic E-state index is 2.59. The highest BCUT2D eigenvalue weighted by molar-refractivity contribution is 7.00. The molecule has 10 rings (SSSR count). The minimum absolute atomic E-state index is 0.105. The Hall–Kier alpha value is -5.80. The van der Waals surface area contributed by atoms with Crippen molar-refractivity contribution in [2.75, 3.05) is 9.80 Å². The van der Waals surface area contributed by atoms with Gasteiger partial charge >= 0.3 is 0 Å². The van der Waals surface area contributed by atoms with E-state index in [0.29, 0.717) is 5.92 Å². The van der Waals surface area contributed by atoms with Crippen LogP contribution in [0.15, 0.2) is 170 Å². The lowest BCUT2D eigenvalue weighted by Crippen LogP contribution is -2.61. The van der Waals surface area contributed by atoms with E-state index in [4.69, 9.17) is 0 Å². The van der Waals surface area contributed by atoms with E-state index in [1.807, 2.05) is 0 Å². The number of hydrogen-bond donors (Lipinski definition) is 0. The van der Waals surface area contributed by atoms with Crippen molar-refractivity contribution in [3.05, 3.63) is 175 Å². The lowest BCUT2D eigenvalue weighted by Gasteiger charge is -2.44. The summed E-state index contributed by atoms with van der Waals surface area (Å²) in [4.78, 5) is 5.02. The van der Waals surface area contributed by atoms with Crippen molar-refractivity contribution in [3.63, 3.8) is 0 Å². The number of fused-ring (bicyclic) bond motifs is 4. The number of nitrogens with zero attached hydrogens (tertiary/aromatic N) is 2. The number of anilines is 6. The molecule has 51 heavy (non-hydrogen) atoms. The Morgan fingerprint density at radius 2 is 0.902 bits per heavy atom. The zero-order valence-electron chi connectivity index (χ0n) is 28.8. The molecule has 0 bridgehead atoms. The normalized spacial score (nSPS) is 14.9. The number of benzene rings is 7. The van der Waals surface area contributed by atoms with Gasteiger partial charge in [0.1, 0.15) is 0 Å². The van der Waals surface area contributed by atoms with Gasteiger partial charge in [-0.1, -0.05) is 141 Å². The zero-order chi connectivity index (χ0) is 33.7. The summed E-state index contributed by atoms with van der Waals surface area (Å²) in [5, 5.41) is 0. The second-order valence-electron chi connectivity index (χ2n) is 14.4. The summed E-state index contributed by atoms with van der Waals surface area (Å²) in [7, 11) is 0. The summed E-state index contributed by atoms with van der Waals surface area (Å²) in [5.41, 5.74) is 18.0. The van der Waals surface area contributed by atoms with Crippen LogP contribution < -0.4 is 26.2 Å². The lowest BCUT2D eigenvalue weighted by molar-refractivity contribution is 0.444. The number of rotatable bonds is 5. The number of hydrogen-bond acceptors (Lipinski definition) is 2. The van der Waals surface area contributed by atoms with Crippen LogP contribution in [0.5, 0.6) is 0 Å². The first-order chi connectivity index (χ1) is 25.3. The topological polar surface area (TPSA) is 6.48 Å². The van der Waals surface area contributed by atoms with E-state index >= 15 is 0 Å². The molecule has 0 saturated heterocycles. The van der Waals surface area contributed by atoms with Gasteiger partial charge < -0.3 is 9.80 Å². The fourth-order valence-electron chi connectivity index (χ4n) is 9.03. The molecule has 1 fully saturated rings. The van der Waals surface area contributed by atoms with Crippen LogP contribution >= 0.6 is 0 Å². The van der Waals surface area contributed by atoms with Gasteiger partial charge in [0.25, 0.3) is 6.71 Å². The molecule has 2 nitrogen and oxygen atoms in total. The van der Waals surface area contributed by atoms with E-state index in [9.17, 15) is 0 Å². The molecule has 0 aromatic heterocycles. The van der Waals surface area contributed by atoms with Crippen molar-refractivity contribution >= 4 is 57.2 Å². The van der Waals surface area contributed by atoms with Crippen LogP contribution in [0.3, 0.4) is 0 Å². The van der Waals surface area contributed by atoms with Crippen molar-refractivity contribution < 1.29 is 0 Å². The van der Waals surface area contributed by atoms with Crippen LogP contribution in [-0.2, 0) is 0 Å². The Bertz CT molecular complexity index is 2350. The van der Waals surface area contributed by atoms with Crippen LogP contribution in [0.25, 0.3) is 22.3 Å². The molecule has 0 radical (unpaired) electrons. The molecule has 7 aromatic carbocycles. The Labute approximate surface area is 301 Å². The standard InChI is InChI=1S/C48H39BN2/c1-5-14-34(15-6-1)37-24-28-41(29-25-37)51-45-31-27-39(36-18-9-3-10-19-36)33-43(45)49-42-32-38(35-16-7-2-8-17-35)26-30-44(42)50(40-20-11-4-12-21-40)46-22-13-23-47(51)48(46)49/h1,3-6,9-15,18-33,35H,2,7-8,16-17H2. The monoisotopic (exact) mass is 654 g/mol. The summed E-state index contributed by atoms with van der Waals surface area (Å²) < 4.78 is 0. The molecular formula is C48H39BN2. The molecule has 3 aliphatic rings. The maximum Gasteiger partial charge on any atom is 0.252 e. The first-order valence-corrected chi connectivity index (χ1v) is 18.6. The highest BCUT2D eigenvalue weighted by Gasteiger charge is 2.43. The van der Waals surface area contributed by atoms with E-state index in [1.54, 1.807) is 0 Å². The van der Waals surface area contributed by atoms with Gasteiger partial charge in [0.15, 0.2) is 0 Å². The molecule has 3 heteroatoms. The molecule has 0 unspecified atom stereocenters. The lowest BCUT2D eigenvalue weighted by atomic mass is 9.33. The molecule has 244 valence electrons. The SMILES string of the molecule is c1ccc(-c2ccc(N3c4ccc(-c5ccccc5)cc4B4c5cc(C6CCCCC6)ccc5N(c5ccccc5)c5cccc3c54)cc2)cc1. The third-order valence-electron chi connectivity index (χ3n) is 11.4. The smallest absolute Gasteiger partial charge is 0.252 e. The average Bonchev–Trinajstić information content (AvgIpc) is 3.22. The van der Waals surface area contributed by atoms with Crippen LogP contribution in [0, 0.1) is 0 Å². The van der Waals surface area contributed by atoms with Crippen LogP contribution in [0.2, 0.25) is 0 Å². The van der Waals surface area contributed by atoms with Gasteiger partial charge in [0, 0.05) is 34.1 Å². The van der Waals surface area contributed by atoms with Gasteiger partial charge in [-0.25, -0.2) is 0 Å². The number of para-hydroxylation sites is 1. The van der Waals surface area contributed by atoms with E-state index in [-0.39, 0.29) is 6.71 Å². The highest BCUT2D eigenvalue weighted by atomic mass is 15.2. The Morgan fingerprint density at radius 1 is 0.392 bits per heavy atom. The van der Waals surface area contributed by atoms with Crippen LogP contribution in [0.4, 0.5) is 34.1 Å². The first-order valence-electron chi connectivity index (χ1n) is 18.6. The summed E-state index contributed by atoms with van der Waals surface area (Å²) >= 11 is 0. The molecule has 0 amide bonds. The van der Waals surface area contributed by atoms with Gasteiger partial charge in [-0.05, 0) is 111 Å². The highest BCUT2D eigenvalue weighted by Crippen LogP contribution is 2.45. The molecule has 0 atom stereocenters. The van der Waals surface area contributed by atoms with Crippen LogP contribution in [0.1, 0.15) is 43.6 Å². The Balaban J connectivity index is 1.22.